The molecule has 3 N–H and O–H groups in total. The van der Waals surface area contributed by atoms with E-state index in [1.54, 1.807) is 12.3 Å². The predicted molar refractivity (Wildman–Crippen MR) is 117 cm³/mol. The van der Waals surface area contributed by atoms with E-state index in [1.807, 2.05) is 0 Å². The molecular weight excluding hydrogens is 412 g/mol. The zero-order valence-electron chi connectivity index (χ0n) is 17.2. The SMILES string of the molecule is Nc1ncc(-c2ccc(C3CCNCC3)cc2)cc1-c1nnnn1-c1cccc(F)c1F. The molecule has 3 heterocycles. The molecule has 0 radical (unpaired) electrons. The van der Waals surface area contributed by atoms with E-state index < -0.39 is 11.6 Å². The van der Waals surface area contributed by atoms with Crippen molar-refractivity contribution in [1.29, 1.82) is 0 Å². The van der Waals surface area contributed by atoms with Gasteiger partial charge in [-0.3, -0.25) is 0 Å². The number of nitrogen functional groups attached to an aromatic ring is 1. The van der Waals surface area contributed by atoms with Crippen molar-refractivity contribution in [3.8, 4) is 28.2 Å². The van der Waals surface area contributed by atoms with E-state index in [0.717, 1.165) is 47.8 Å². The molecule has 32 heavy (non-hydrogen) atoms. The van der Waals surface area contributed by atoms with E-state index in [2.05, 4.69) is 50.1 Å². The van der Waals surface area contributed by atoms with E-state index in [-0.39, 0.29) is 17.3 Å². The van der Waals surface area contributed by atoms with Gasteiger partial charge in [0.1, 0.15) is 11.5 Å². The Labute approximate surface area is 183 Å². The lowest BCUT2D eigenvalue weighted by Crippen LogP contribution is -2.26. The molecule has 2 aromatic heterocycles. The Morgan fingerprint density at radius 2 is 1.78 bits per heavy atom. The minimum atomic E-state index is -1.04. The highest BCUT2D eigenvalue weighted by Gasteiger charge is 2.20. The normalized spacial score (nSPS) is 14.6. The van der Waals surface area contributed by atoms with Crippen molar-refractivity contribution >= 4 is 5.82 Å². The largest absolute Gasteiger partial charge is 0.383 e. The maximum absolute atomic E-state index is 14.4. The lowest BCUT2D eigenvalue weighted by atomic mass is 9.89. The van der Waals surface area contributed by atoms with Crippen molar-refractivity contribution in [1.82, 2.24) is 30.5 Å². The first-order chi connectivity index (χ1) is 15.6. The molecule has 162 valence electrons. The number of aromatic nitrogens is 5. The highest BCUT2D eigenvalue weighted by molar-refractivity contribution is 5.76. The Morgan fingerprint density at radius 1 is 1.00 bits per heavy atom. The number of nitrogens with one attached hydrogen (secondary N) is 1. The van der Waals surface area contributed by atoms with Crippen molar-refractivity contribution in [3.63, 3.8) is 0 Å². The fourth-order valence-electron chi connectivity index (χ4n) is 4.09. The van der Waals surface area contributed by atoms with E-state index in [1.165, 1.54) is 17.7 Å². The van der Waals surface area contributed by atoms with Crippen LogP contribution in [0.4, 0.5) is 14.6 Å². The van der Waals surface area contributed by atoms with Gasteiger partial charge >= 0.3 is 0 Å². The fourth-order valence-corrected chi connectivity index (χ4v) is 4.09. The molecule has 1 aliphatic heterocycles. The van der Waals surface area contributed by atoms with Crippen molar-refractivity contribution in [2.24, 2.45) is 0 Å². The van der Waals surface area contributed by atoms with Gasteiger partial charge in [-0.15, -0.1) is 5.10 Å². The second-order valence-corrected chi connectivity index (χ2v) is 7.79. The first kappa shape index (κ1) is 20.2. The van der Waals surface area contributed by atoms with Gasteiger partial charge in [0, 0.05) is 11.8 Å². The summed E-state index contributed by atoms with van der Waals surface area (Å²) in [5.74, 6) is -1.10. The van der Waals surface area contributed by atoms with Crippen LogP contribution in [0.15, 0.2) is 54.7 Å². The molecule has 0 atom stereocenters. The third-order valence-electron chi connectivity index (χ3n) is 5.84. The summed E-state index contributed by atoms with van der Waals surface area (Å²) < 4.78 is 29.2. The number of benzene rings is 2. The third-order valence-corrected chi connectivity index (χ3v) is 5.84. The average molecular weight is 433 g/mol. The van der Waals surface area contributed by atoms with Crippen LogP contribution in [0.1, 0.15) is 24.3 Å². The molecule has 9 heteroatoms. The number of halogens is 2. The van der Waals surface area contributed by atoms with Crippen LogP contribution in [0.25, 0.3) is 28.2 Å². The molecular formula is C23H21F2N7. The minimum Gasteiger partial charge on any atom is -0.383 e. The van der Waals surface area contributed by atoms with E-state index in [0.29, 0.717) is 11.5 Å². The molecule has 4 aromatic rings. The Hall–Kier alpha value is -3.72. The monoisotopic (exact) mass is 433 g/mol. The Kier molecular flexibility index (Phi) is 5.32. The van der Waals surface area contributed by atoms with Crippen LogP contribution in [0, 0.1) is 11.6 Å². The van der Waals surface area contributed by atoms with Crippen LogP contribution in [0.2, 0.25) is 0 Å². The van der Waals surface area contributed by atoms with Gasteiger partial charge in [-0.1, -0.05) is 30.3 Å². The van der Waals surface area contributed by atoms with Gasteiger partial charge in [-0.2, -0.15) is 4.68 Å². The first-order valence-corrected chi connectivity index (χ1v) is 10.4. The second-order valence-electron chi connectivity index (χ2n) is 7.79. The Morgan fingerprint density at radius 3 is 2.56 bits per heavy atom. The minimum absolute atomic E-state index is 0.110. The lowest BCUT2D eigenvalue weighted by molar-refractivity contribution is 0.460. The van der Waals surface area contributed by atoms with Crippen LogP contribution in [0.5, 0.6) is 0 Å². The average Bonchev–Trinajstić information content (AvgIpc) is 3.31. The molecule has 0 saturated carbocycles. The van der Waals surface area contributed by atoms with E-state index in [4.69, 9.17) is 5.73 Å². The summed E-state index contributed by atoms with van der Waals surface area (Å²) in [5.41, 5.74) is 9.53. The van der Waals surface area contributed by atoms with Crippen LogP contribution >= 0.6 is 0 Å². The van der Waals surface area contributed by atoms with Gasteiger partial charge in [-0.05, 0) is 71.6 Å². The molecule has 0 bridgehead atoms. The van der Waals surface area contributed by atoms with Crippen molar-refractivity contribution in [3.05, 3.63) is 71.9 Å². The first-order valence-electron chi connectivity index (χ1n) is 10.4. The molecule has 0 unspecified atom stereocenters. The smallest absolute Gasteiger partial charge is 0.190 e. The number of tetrazole rings is 1. The summed E-state index contributed by atoms with van der Waals surface area (Å²) in [6.45, 7) is 2.08. The maximum Gasteiger partial charge on any atom is 0.190 e. The number of pyridine rings is 1. The number of piperidine rings is 1. The van der Waals surface area contributed by atoms with Crippen molar-refractivity contribution in [2.75, 3.05) is 18.8 Å². The number of hydrogen-bond donors (Lipinski definition) is 2. The summed E-state index contributed by atoms with van der Waals surface area (Å²) in [6.07, 6.45) is 3.94. The zero-order chi connectivity index (χ0) is 22.1. The molecule has 7 nitrogen and oxygen atoms in total. The van der Waals surface area contributed by atoms with Gasteiger partial charge in [0.25, 0.3) is 0 Å². The van der Waals surface area contributed by atoms with E-state index in [9.17, 15) is 8.78 Å². The van der Waals surface area contributed by atoms with Gasteiger partial charge < -0.3 is 11.1 Å². The molecule has 1 saturated heterocycles. The lowest BCUT2D eigenvalue weighted by Gasteiger charge is -2.23. The third kappa shape index (κ3) is 3.71. The van der Waals surface area contributed by atoms with Crippen molar-refractivity contribution < 1.29 is 8.78 Å². The number of rotatable bonds is 4. The molecule has 2 aromatic carbocycles. The molecule has 0 amide bonds. The Balaban J connectivity index is 1.51. The maximum atomic E-state index is 14.4. The molecule has 5 rings (SSSR count). The molecule has 0 aliphatic carbocycles. The fraction of sp³-hybridized carbons (Fsp3) is 0.217. The van der Waals surface area contributed by atoms with Crippen LogP contribution in [-0.2, 0) is 0 Å². The van der Waals surface area contributed by atoms with Crippen molar-refractivity contribution in [2.45, 2.75) is 18.8 Å². The van der Waals surface area contributed by atoms with Gasteiger partial charge in [-0.25, -0.2) is 13.8 Å². The summed E-state index contributed by atoms with van der Waals surface area (Å²) in [6, 6.07) is 14.0. The van der Waals surface area contributed by atoms with Gasteiger partial charge in [0.2, 0.25) is 0 Å². The quantitative estimate of drug-likeness (QED) is 0.509. The summed E-state index contributed by atoms with van der Waals surface area (Å²) >= 11 is 0. The highest BCUT2D eigenvalue weighted by Crippen LogP contribution is 2.32. The van der Waals surface area contributed by atoms with Crippen LogP contribution < -0.4 is 11.1 Å². The topological polar surface area (TPSA) is 94.5 Å². The zero-order valence-corrected chi connectivity index (χ0v) is 17.2. The number of anilines is 1. The van der Waals surface area contributed by atoms with Crippen LogP contribution in [-0.4, -0.2) is 38.3 Å². The van der Waals surface area contributed by atoms with Gasteiger partial charge in [0.15, 0.2) is 17.5 Å². The van der Waals surface area contributed by atoms with E-state index >= 15 is 0 Å². The molecule has 1 aliphatic rings. The van der Waals surface area contributed by atoms with Crippen LogP contribution in [0.3, 0.4) is 0 Å². The Bertz CT molecular complexity index is 1250. The summed E-state index contributed by atoms with van der Waals surface area (Å²) in [4.78, 5) is 4.29. The molecule has 0 spiro atoms. The predicted octanol–water partition coefficient (Wildman–Crippen LogP) is 3.72. The summed E-state index contributed by atoms with van der Waals surface area (Å²) in [5, 5.41) is 14.8. The number of hydrogen-bond acceptors (Lipinski definition) is 6. The number of nitrogens with zero attached hydrogens (tertiary/aromatic N) is 5. The standard InChI is InChI=1S/C23H21F2N7/c24-19-2-1-3-20(21(19)25)32-23(29-30-31-32)18-12-17(13-28-22(18)26)15-6-4-14(5-7-15)16-8-10-27-11-9-16/h1-7,12-13,16,27H,8-11H2,(H2,26,28). The van der Waals surface area contributed by atoms with Gasteiger partial charge in [0.05, 0.1) is 5.56 Å². The summed E-state index contributed by atoms with van der Waals surface area (Å²) in [7, 11) is 0. The second kappa shape index (κ2) is 8.43. The molecule has 1 fully saturated rings. The highest BCUT2D eigenvalue weighted by atomic mass is 19.2. The number of nitrogens with two attached hydrogens (primary N) is 1.